The Bertz CT molecular complexity index is 806. The highest BCUT2D eigenvalue weighted by Gasteiger charge is 2.22. The lowest BCUT2D eigenvalue weighted by molar-refractivity contribution is -0.0488. The van der Waals surface area contributed by atoms with E-state index in [0.717, 1.165) is 4.57 Å². The third kappa shape index (κ3) is 3.67. The Morgan fingerprint density at radius 3 is 2.48 bits per heavy atom. The monoisotopic (exact) mass is 325 g/mol. The van der Waals surface area contributed by atoms with Gasteiger partial charge in [-0.2, -0.15) is 8.78 Å². The van der Waals surface area contributed by atoms with Gasteiger partial charge in [0.25, 0.3) is 5.56 Å². The third-order valence-corrected chi connectivity index (χ3v) is 3.01. The van der Waals surface area contributed by atoms with Crippen molar-refractivity contribution < 1.29 is 23.0 Å². The number of aromatic nitrogens is 1. The molecule has 7 heteroatoms. The molecule has 124 valence electrons. The minimum Gasteiger partial charge on any atom is -0.443 e. The van der Waals surface area contributed by atoms with Crippen LogP contribution in [0.3, 0.4) is 0 Å². The van der Waals surface area contributed by atoms with Gasteiger partial charge in [-0.15, -0.1) is 0 Å². The second-order valence-electron chi connectivity index (χ2n) is 6.02. The molecular formula is C16H17F2NO4. The van der Waals surface area contributed by atoms with Gasteiger partial charge in [0.15, 0.2) is 0 Å². The minimum absolute atomic E-state index is 0.0846. The number of halogens is 2. The summed E-state index contributed by atoms with van der Waals surface area (Å²) in [5.74, 6) is -0.275. The number of alkyl halides is 2. The molecule has 0 N–H and O–H groups in total. The highest BCUT2D eigenvalue weighted by atomic mass is 19.3. The number of pyridine rings is 1. The van der Waals surface area contributed by atoms with E-state index in [1.54, 1.807) is 33.8 Å². The predicted octanol–water partition coefficient (Wildman–Crippen LogP) is 3.69. The molecule has 0 unspecified atom stereocenters. The third-order valence-electron chi connectivity index (χ3n) is 3.01. The van der Waals surface area contributed by atoms with Crippen LogP contribution < -0.4 is 10.3 Å². The highest BCUT2D eigenvalue weighted by Crippen LogP contribution is 2.26. The zero-order valence-corrected chi connectivity index (χ0v) is 13.2. The van der Waals surface area contributed by atoms with Crippen LogP contribution in [0.1, 0.15) is 26.3 Å². The minimum atomic E-state index is -3.07. The first-order valence-corrected chi connectivity index (χ1v) is 6.93. The molecule has 0 atom stereocenters. The van der Waals surface area contributed by atoms with Crippen LogP contribution in [-0.2, 0) is 4.74 Å². The maximum absolute atomic E-state index is 12.5. The van der Waals surface area contributed by atoms with Crippen molar-refractivity contribution in [3.8, 4) is 5.75 Å². The molecule has 2 aromatic rings. The van der Waals surface area contributed by atoms with E-state index in [1.807, 2.05) is 0 Å². The number of fused-ring (bicyclic) bond motifs is 1. The summed E-state index contributed by atoms with van der Waals surface area (Å²) >= 11 is 0. The summed E-state index contributed by atoms with van der Waals surface area (Å²) in [7, 11) is 0. The summed E-state index contributed by atoms with van der Waals surface area (Å²) in [6.45, 7) is 3.57. The lowest BCUT2D eigenvalue weighted by atomic mass is 10.1. The Hall–Kier alpha value is -2.44. The molecule has 0 bridgehead atoms. The second-order valence-corrected chi connectivity index (χ2v) is 6.02. The molecule has 0 spiro atoms. The maximum Gasteiger partial charge on any atom is 0.421 e. The molecule has 0 saturated heterocycles. The fraction of sp³-hybridized carbons (Fsp3) is 0.375. The summed E-state index contributed by atoms with van der Waals surface area (Å²) in [6, 6.07) is 4.36. The van der Waals surface area contributed by atoms with Crippen LogP contribution in [0.2, 0.25) is 0 Å². The fourth-order valence-electron chi connectivity index (χ4n) is 2.16. The topological polar surface area (TPSA) is 57.5 Å². The van der Waals surface area contributed by atoms with Crippen molar-refractivity contribution in [2.24, 2.45) is 0 Å². The van der Waals surface area contributed by atoms with Gasteiger partial charge in [0, 0.05) is 6.20 Å². The van der Waals surface area contributed by atoms with Gasteiger partial charge in [-0.25, -0.2) is 9.36 Å². The Balaban J connectivity index is 2.68. The molecule has 0 saturated carbocycles. The van der Waals surface area contributed by atoms with Gasteiger partial charge in [-0.3, -0.25) is 4.79 Å². The van der Waals surface area contributed by atoms with Gasteiger partial charge in [0.1, 0.15) is 11.4 Å². The molecule has 0 fully saturated rings. The number of carbonyl (C=O) groups is 1. The second kappa shape index (κ2) is 5.98. The number of carbonyl (C=O) groups excluding carboxylic acids is 1. The number of hydrogen-bond donors (Lipinski definition) is 0. The van der Waals surface area contributed by atoms with Crippen LogP contribution in [0.15, 0.2) is 29.2 Å². The van der Waals surface area contributed by atoms with Crippen molar-refractivity contribution in [2.45, 2.75) is 39.9 Å². The number of aryl methyl sites for hydroxylation is 1. The summed E-state index contributed by atoms with van der Waals surface area (Å²) in [5, 5.41) is 0.353. The highest BCUT2D eigenvalue weighted by molar-refractivity contribution is 5.91. The molecule has 2 rings (SSSR count). The zero-order chi connectivity index (χ0) is 17.4. The van der Waals surface area contributed by atoms with Crippen molar-refractivity contribution >= 4 is 16.9 Å². The molecule has 1 aromatic carbocycles. The van der Waals surface area contributed by atoms with Gasteiger partial charge < -0.3 is 9.47 Å². The van der Waals surface area contributed by atoms with Crippen molar-refractivity contribution in [2.75, 3.05) is 0 Å². The van der Waals surface area contributed by atoms with Gasteiger partial charge in [0.05, 0.1) is 5.39 Å². The number of rotatable bonds is 2. The van der Waals surface area contributed by atoms with Gasteiger partial charge in [-0.05, 0) is 44.7 Å². The van der Waals surface area contributed by atoms with Crippen molar-refractivity contribution in [1.29, 1.82) is 0 Å². The largest absolute Gasteiger partial charge is 0.443 e. The Labute approximate surface area is 131 Å². The molecule has 0 aliphatic carbocycles. The molecule has 1 aromatic heterocycles. The van der Waals surface area contributed by atoms with Crippen LogP contribution in [-0.4, -0.2) is 22.9 Å². The van der Waals surface area contributed by atoms with E-state index in [0.29, 0.717) is 10.9 Å². The summed E-state index contributed by atoms with van der Waals surface area (Å²) in [4.78, 5) is 24.7. The SMILES string of the molecule is Cc1cn(C(=O)OC(C)(C)C)c(=O)c2c(OC(F)F)cccc12. The average Bonchev–Trinajstić information content (AvgIpc) is 2.40. The van der Waals surface area contributed by atoms with Crippen LogP contribution >= 0.6 is 0 Å². The first kappa shape index (κ1) is 16.9. The van der Waals surface area contributed by atoms with E-state index in [2.05, 4.69) is 4.74 Å². The Kier molecular flexibility index (Phi) is 4.40. The van der Waals surface area contributed by atoms with E-state index in [4.69, 9.17) is 4.74 Å². The van der Waals surface area contributed by atoms with Crippen molar-refractivity contribution in [1.82, 2.24) is 4.57 Å². The Morgan fingerprint density at radius 2 is 1.91 bits per heavy atom. The van der Waals surface area contributed by atoms with Crippen LogP contribution in [0.5, 0.6) is 5.75 Å². The van der Waals surface area contributed by atoms with Gasteiger partial charge >= 0.3 is 12.7 Å². The molecule has 1 heterocycles. The maximum atomic E-state index is 12.5. The van der Waals surface area contributed by atoms with Crippen LogP contribution in [0.4, 0.5) is 13.6 Å². The molecular weight excluding hydrogens is 308 g/mol. The van der Waals surface area contributed by atoms with E-state index >= 15 is 0 Å². The summed E-state index contributed by atoms with van der Waals surface area (Å²) in [5.41, 5.74) is -1.00. The van der Waals surface area contributed by atoms with E-state index in [9.17, 15) is 18.4 Å². The van der Waals surface area contributed by atoms with Crippen LogP contribution in [0, 0.1) is 6.92 Å². The lowest BCUT2D eigenvalue weighted by Crippen LogP contribution is -2.33. The van der Waals surface area contributed by atoms with Crippen molar-refractivity contribution in [3.05, 3.63) is 40.3 Å². The number of hydrogen-bond acceptors (Lipinski definition) is 4. The molecule has 0 aliphatic heterocycles. The zero-order valence-electron chi connectivity index (χ0n) is 13.2. The first-order valence-electron chi connectivity index (χ1n) is 6.93. The first-order chi connectivity index (χ1) is 10.6. The lowest BCUT2D eigenvalue weighted by Gasteiger charge is -2.20. The molecule has 0 amide bonds. The van der Waals surface area contributed by atoms with E-state index in [1.165, 1.54) is 18.3 Å². The molecule has 0 aliphatic rings. The van der Waals surface area contributed by atoms with E-state index in [-0.39, 0.29) is 11.1 Å². The normalized spacial score (nSPS) is 11.8. The summed E-state index contributed by atoms with van der Waals surface area (Å²) < 4.78 is 35.4. The van der Waals surface area contributed by atoms with Crippen molar-refractivity contribution in [3.63, 3.8) is 0 Å². The van der Waals surface area contributed by atoms with Crippen LogP contribution in [0.25, 0.3) is 10.8 Å². The average molecular weight is 325 g/mol. The summed E-state index contributed by atoms with van der Waals surface area (Å²) in [6.07, 6.45) is 0.449. The quantitative estimate of drug-likeness (QED) is 0.845. The molecule has 23 heavy (non-hydrogen) atoms. The van der Waals surface area contributed by atoms with E-state index < -0.39 is 23.9 Å². The number of nitrogens with zero attached hydrogens (tertiary/aromatic N) is 1. The number of benzene rings is 1. The van der Waals surface area contributed by atoms with Gasteiger partial charge in [0.2, 0.25) is 0 Å². The fourth-order valence-corrected chi connectivity index (χ4v) is 2.16. The van der Waals surface area contributed by atoms with Gasteiger partial charge in [-0.1, -0.05) is 12.1 Å². The Morgan fingerprint density at radius 1 is 1.26 bits per heavy atom. The predicted molar refractivity (Wildman–Crippen MR) is 81.2 cm³/mol. The molecule has 0 radical (unpaired) electrons. The smallest absolute Gasteiger partial charge is 0.421 e. The standard InChI is InChI=1S/C16H17F2NO4/c1-9-8-19(15(21)23-16(2,3)4)13(20)12-10(9)6-5-7-11(12)22-14(17)18/h5-8,14H,1-4H3. The molecule has 5 nitrogen and oxygen atoms in total. The number of ether oxygens (including phenoxy) is 2.